The van der Waals surface area contributed by atoms with Gasteiger partial charge in [0.2, 0.25) is 0 Å². The molecule has 2 nitrogen and oxygen atoms in total. The third-order valence-electron chi connectivity index (χ3n) is 3.26. The highest BCUT2D eigenvalue weighted by Crippen LogP contribution is 2.32. The first-order valence-corrected chi connectivity index (χ1v) is 8.02. The molecule has 0 N–H and O–H groups in total. The van der Waals surface area contributed by atoms with Crippen molar-refractivity contribution in [3.05, 3.63) is 53.0 Å². The van der Waals surface area contributed by atoms with Gasteiger partial charge in [0.1, 0.15) is 4.32 Å². The lowest BCUT2D eigenvalue weighted by atomic mass is 9.87. The molecule has 0 radical (unpaired) electrons. The Morgan fingerprint density at radius 1 is 1.29 bits per heavy atom. The number of hydrogen-bond donors (Lipinski definition) is 0. The maximum Gasteiger partial charge on any atom is 0.266 e. The number of benzene rings is 1. The first-order valence-electron chi connectivity index (χ1n) is 6.80. The lowest BCUT2D eigenvalue weighted by molar-refractivity contribution is -0.121. The molecule has 1 aromatic rings. The van der Waals surface area contributed by atoms with Gasteiger partial charge in [-0.15, -0.1) is 6.58 Å². The minimum Gasteiger partial charge on any atom is -0.289 e. The summed E-state index contributed by atoms with van der Waals surface area (Å²) in [6.45, 7) is 10.7. The summed E-state index contributed by atoms with van der Waals surface area (Å²) in [5, 5.41) is 0. The fourth-order valence-corrected chi connectivity index (χ4v) is 3.29. The van der Waals surface area contributed by atoms with Crippen LogP contribution in [0.25, 0.3) is 6.08 Å². The predicted octanol–water partition coefficient (Wildman–Crippen LogP) is 4.37. The summed E-state index contributed by atoms with van der Waals surface area (Å²) in [7, 11) is 0. The minimum absolute atomic E-state index is 0.0372. The minimum atomic E-state index is -0.0372. The average molecular weight is 317 g/mol. The molecule has 4 heteroatoms. The van der Waals surface area contributed by atoms with E-state index in [0.717, 1.165) is 5.56 Å². The van der Waals surface area contributed by atoms with Crippen LogP contribution < -0.4 is 0 Å². The van der Waals surface area contributed by atoms with Crippen molar-refractivity contribution in [2.24, 2.45) is 0 Å². The molecule has 1 saturated heterocycles. The van der Waals surface area contributed by atoms with Crippen LogP contribution in [0.1, 0.15) is 31.9 Å². The largest absolute Gasteiger partial charge is 0.289 e. The smallest absolute Gasteiger partial charge is 0.266 e. The Hall–Kier alpha value is -1.39. The zero-order valence-corrected chi connectivity index (χ0v) is 14.2. The maximum absolute atomic E-state index is 12.2. The molecule has 21 heavy (non-hydrogen) atoms. The average Bonchev–Trinajstić information content (AvgIpc) is 2.66. The molecule has 0 unspecified atom stereocenters. The van der Waals surface area contributed by atoms with Gasteiger partial charge in [-0.3, -0.25) is 9.69 Å². The van der Waals surface area contributed by atoms with E-state index < -0.39 is 0 Å². The van der Waals surface area contributed by atoms with Crippen LogP contribution in [-0.2, 0) is 10.2 Å². The van der Waals surface area contributed by atoms with Crippen molar-refractivity contribution in [2.45, 2.75) is 26.2 Å². The molecule has 1 aromatic carbocycles. The van der Waals surface area contributed by atoms with E-state index in [1.165, 1.54) is 17.3 Å². The molecule has 0 spiro atoms. The Morgan fingerprint density at radius 3 is 2.43 bits per heavy atom. The summed E-state index contributed by atoms with van der Waals surface area (Å²) >= 11 is 6.57. The van der Waals surface area contributed by atoms with E-state index in [4.69, 9.17) is 12.2 Å². The second-order valence-electron chi connectivity index (χ2n) is 5.95. The predicted molar refractivity (Wildman–Crippen MR) is 95.2 cm³/mol. The number of thiocarbonyl (C=S) groups is 1. The van der Waals surface area contributed by atoms with Gasteiger partial charge in [0.05, 0.1) is 4.91 Å². The number of carbonyl (C=O) groups excluding carboxylic acids is 1. The molecule has 1 aliphatic rings. The van der Waals surface area contributed by atoms with Crippen LogP contribution in [0.2, 0.25) is 0 Å². The van der Waals surface area contributed by atoms with Gasteiger partial charge < -0.3 is 0 Å². The van der Waals surface area contributed by atoms with E-state index in [1.807, 2.05) is 18.2 Å². The first-order chi connectivity index (χ1) is 9.82. The summed E-state index contributed by atoms with van der Waals surface area (Å²) in [6, 6.07) is 8.30. The molecule has 110 valence electrons. The maximum atomic E-state index is 12.2. The fraction of sp³-hybridized carbons (Fsp3) is 0.294. The third-order valence-corrected chi connectivity index (χ3v) is 4.64. The Kier molecular flexibility index (Phi) is 4.69. The van der Waals surface area contributed by atoms with Gasteiger partial charge in [0, 0.05) is 6.54 Å². The van der Waals surface area contributed by atoms with Gasteiger partial charge in [0.15, 0.2) is 0 Å². The van der Waals surface area contributed by atoms with E-state index >= 15 is 0 Å². The van der Waals surface area contributed by atoms with Crippen LogP contribution in [0.5, 0.6) is 0 Å². The Bertz CT molecular complexity index is 609. The zero-order chi connectivity index (χ0) is 15.6. The van der Waals surface area contributed by atoms with Crippen LogP contribution >= 0.6 is 24.0 Å². The lowest BCUT2D eigenvalue weighted by Gasteiger charge is -2.18. The number of hydrogen-bond acceptors (Lipinski definition) is 3. The number of thioether (sulfide) groups is 1. The standard InChI is InChI=1S/C17H19NOS2/c1-5-10-18-15(19)14(21-16(18)20)11-12-6-8-13(9-7-12)17(2,3)4/h5-9,11H,1,10H2,2-4H3/b14-11-. The van der Waals surface area contributed by atoms with Crippen molar-refractivity contribution in [3.8, 4) is 0 Å². The quantitative estimate of drug-likeness (QED) is 0.469. The van der Waals surface area contributed by atoms with Crippen molar-refractivity contribution < 1.29 is 4.79 Å². The molecule has 1 fully saturated rings. The van der Waals surface area contributed by atoms with Crippen molar-refractivity contribution in [1.29, 1.82) is 0 Å². The number of carbonyl (C=O) groups is 1. The van der Waals surface area contributed by atoms with Crippen LogP contribution in [-0.4, -0.2) is 21.7 Å². The molecular weight excluding hydrogens is 298 g/mol. The molecule has 0 atom stereocenters. The van der Waals surface area contributed by atoms with Crippen LogP contribution in [0.3, 0.4) is 0 Å². The summed E-state index contributed by atoms with van der Waals surface area (Å²) < 4.78 is 0.595. The van der Waals surface area contributed by atoms with E-state index in [0.29, 0.717) is 15.8 Å². The van der Waals surface area contributed by atoms with E-state index in [9.17, 15) is 4.79 Å². The highest BCUT2D eigenvalue weighted by atomic mass is 32.2. The molecule has 1 heterocycles. The molecule has 1 aliphatic heterocycles. The zero-order valence-electron chi connectivity index (χ0n) is 12.6. The third kappa shape index (κ3) is 3.63. The van der Waals surface area contributed by atoms with Crippen molar-refractivity contribution in [3.63, 3.8) is 0 Å². The SMILES string of the molecule is C=CCN1C(=O)/C(=C/c2ccc(C(C)(C)C)cc2)SC1=S. The monoisotopic (exact) mass is 317 g/mol. The highest BCUT2D eigenvalue weighted by Gasteiger charge is 2.30. The van der Waals surface area contributed by atoms with Gasteiger partial charge in [-0.2, -0.15) is 0 Å². The van der Waals surface area contributed by atoms with Crippen molar-refractivity contribution in [1.82, 2.24) is 4.90 Å². The number of rotatable bonds is 3. The van der Waals surface area contributed by atoms with Gasteiger partial charge >= 0.3 is 0 Å². The van der Waals surface area contributed by atoms with Gasteiger partial charge in [-0.25, -0.2) is 0 Å². The summed E-state index contributed by atoms with van der Waals surface area (Å²) in [5.41, 5.74) is 2.42. The topological polar surface area (TPSA) is 20.3 Å². The van der Waals surface area contributed by atoms with E-state index in [1.54, 1.807) is 11.0 Å². The van der Waals surface area contributed by atoms with E-state index in [-0.39, 0.29) is 11.3 Å². The molecular formula is C17H19NOS2. The Morgan fingerprint density at radius 2 is 1.90 bits per heavy atom. The van der Waals surface area contributed by atoms with Crippen LogP contribution in [0, 0.1) is 0 Å². The van der Waals surface area contributed by atoms with Gasteiger partial charge in [0.25, 0.3) is 5.91 Å². The number of nitrogens with zero attached hydrogens (tertiary/aromatic N) is 1. The molecule has 0 bridgehead atoms. The lowest BCUT2D eigenvalue weighted by Crippen LogP contribution is -2.27. The van der Waals surface area contributed by atoms with Gasteiger partial charge in [-0.1, -0.05) is 75.1 Å². The second kappa shape index (κ2) is 6.16. The summed E-state index contributed by atoms with van der Waals surface area (Å²) in [5.74, 6) is -0.0372. The van der Waals surface area contributed by atoms with Gasteiger partial charge in [-0.05, 0) is 22.6 Å². The summed E-state index contributed by atoms with van der Waals surface area (Å²) in [4.78, 5) is 14.5. The fourth-order valence-electron chi connectivity index (χ4n) is 2.02. The molecule has 2 rings (SSSR count). The Labute approximate surface area is 135 Å². The van der Waals surface area contributed by atoms with Crippen LogP contribution in [0.4, 0.5) is 0 Å². The van der Waals surface area contributed by atoms with Crippen molar-refractivity contribution in [2.75, 3.05) is 6.54 Å². The first kappa shape index (κ1) is 16.0. The number of amides is 1. The van der Waals surface area contributed by atoms with E-state index in [2.05, 4.69) is 39.5 Å². The molecule has 0 aliphatic carbocycles. The highest BCUT2D eigenvalue weighted by molar-refractivity contribution is 8.26. The Balaban J connectivity index is 2.23. The normalized spacial score (nSPS) is 17.7. The second-order valence-corrected chi connectivity index (χ2v) is 7.63. The van der Waals surface area contributed by atoms with Crippen LogP contribution in [0.15, 0.2) is 41.8 Å². The van der Waals surface area contributed by atoms with Crippen molar-refractivity contribution >= 4 is 40.3 Å². The molecule has 0 saturated carbocycles. The molecule has 1 amide bonds. The summed E-state index contributed by atoms with van der Waals surface area (Å²) in [6.07, 6.45) is 3.58. The molecule has 0 aromatic heterocycles.